The first kappa shape index (κ1) is 21.7. The molecule has 0 rings (SSSR count). The second kappa shape index (κ2) is 17.8. The molecule has 0 N–H and O–H groups in total. The molecular formula is C13H32N2O2. The Morgan fingerprint density at radius 3 is 1.82 bits per heavy atom. The topological polar surface area (TPSA) is 32.8 Å². The summed E-state index contributed by atoms with van der Waals surface area (Å²) >= 11 is 0. The number of likely N-dealkylation sites (N-methyl/N-ethyl adjacent to an activating group) is 2. The molecule has 0 aromatic heterocycles. The van der Waals surface area contributed by atoms with Gasteiger partial charge in [-0.15, -0.1) is 0 Å². The Bertz CT molecular complexity index is 150. The molecule has 17 heavy (non-hydrogen) atoms. The van der Waals surface area contributed by atoms with Gasteiger partial charge in [-0.05, 0) is 28.1 Å². The Hall–Kier alpha value is -0.610. The monoisotopic (exact) mass is 248 g/mol. The molecule has 4 nitrogen and oxygen atoms in total. The third-order valence-electron chi connectivity index (χ3n) is 1.63. The molecule has 0 aliphatic rings. The first-order valence-electron chi connectivity index (χ1n) is 6.55. The van der Waals surface area contributed by atoms with E-state index in [1.165, 1.54) is 0 Å². The Kier molecular flexibility index (Phi) is 22.6. The van der Waals surface area contributed by atoms with Gasteiger partial charge in [0.25, 0.3) is 0 Å². The number of carbonyl (C=O) groups is 1. The van der Waals surface area contributed by atoms with Gasteiger partial charge in [-0.25, -0.2) is 0 Å². The van der Waals surface area contributed by atoms with Crippen LogP contribution in [0.1, 0.15) is 34.6 Å². The van der Waals surface area contributed by atoms with Crippen molar-refractivity contribution in [1.82, 2.24) is 9.80 Å². The molecule has 0 saturated heterocycles. The highest BCUT2D eigenvalue weighted by molar-refractivity contribution is 5.71. The lowest BCUT2D eigenvalue weighted by atomic mass is 10.5. The standard InChI is InChI=1S/C9H20N2O2.2C2H6/c1-5-13-9(12)8-11(4)7-6-10(2)3;2*1-2/h5-8H2,1-4H3;2*1-2H3. The van der Waals surface area contributed by atoms with E-state index >= 15 is 0 Å². The molecule has 0 aromatic rings. The fourth-order valence-electron chi connectivity index (χ4n) is 0.877. The maximum Gasteiger partial charge on any atom is 0.320 e. The van der Waals surface area contributed by atoms with Crippen molar-refractivity contribution in [3.8, 4) is 0 Å². The van der Waals surface area contributed by atoms with E-state index in [-0.39, 0.29) is 5.97 Å². The number of rotatable bonds is 6. The molecular weight excluding hydrogens is 216 g/mol. The van der Waals surface area contributed by atoms with Gasteiger partial charge in [-0.3, -0.25) is 9.69 Å². The number of hydrogen-bond donors (Lipinski definition) is 0. The SMILES string of the molecule is CC.CC.CCOC(=O)CN(C)CCN(C)C. The average molecular weight is 248 g/mol. The molecule has 0 bridgehead atoms. The maximum absolute atomic E-state index is 11.0. The maximum atomic E-state index is 11.0. The van der Waals surface area contributed by atoms with Crippen LogP contribution in [0.25, 0.3) is 0 Å². The minimum atomic E-state index is -0.149. The minimum Gasteiger partial charge on any atom is -0.465 e. The highest BCUT2D eigenvalue weighted by Gasteiger charge is 2.06. The number of nitrogens with zero attached hydrogens (tertiary/aromatic N) is 2. The van der Waals surface area contributed by atoms with Crippen LogP contribution in [0.15, 0.2) is 0 Å². The molecule has 0 spiro atoms. The molecule has 0 heterocycles. The van der Waals surface area contributed by atoms with Crippen LogP contribution in [0.4, 0.5) is 0 Å². The second-order valence-corrected chi connectivity index (χ2v) is 3.35. The van der Waals surface area contributed by atoms with Gasteiger partial charge < -0.3 is 9.64 Å². The van der Waals surface area contributed by atoms with Crippen molar-refractivity contribution in [1.29, 1.82) is 0 Å². The lowest BCUT2D eigenvalue weighted by Gasteiger charge is -2.17. The van der Waals surface area contributed by atoms with Crippen molar-refractivity contribution in [2.24, 2.45) is 0 Å². The van der Waals surface area contributed by atoms with E-state index in [2.05, 4.69) is 4.90 Å². The van der Waals surface area contributed by atoms with Crippen molar-refractivity contribution in [2.75, 3.05) is 47.4 Å². The van der Waals surface area contributed by atoms with Crippen molar-refractivity contribution >= 4 is 5.97 Å². The highest BCUT2D eigenvalue weighted by Crippen LogP contribution is 1.86. The summed E-state index contributed by atoms with van der Waals surface area (Å²) < 4.78 is 4.83. The molecule has 0 unspecified atom stereocenters. The third-order valence-corrected chi connectivity index (χ3v) is 1.63. The van der Waals surface area contributed by atoms with Gasteiger partial charge in [-0.2, -0.15) is 0 Å². The number of ether oxygens (including phenoxy) is 1. The van der Waals surface area contributed by atoms with Gasteiger partial charge in [0.05, 0.1) is 13.2 Å². The molecule has 0 fully saturated rings. The van der Waals surface area contributed by atoms with Crippen molar-refractivity contribution < 1.29 is 9.53 Å². The number of esters is 1. The Labute approximate surface area is 108 Å². The second-order valence-electron chi connectivity index (χ2n) is 3.35. The third kappa shape index (κ3) is 21.3. The van der Waals surface area contributed by atoms with E-state index in [1.54, 1.807) is 0 Å². The van der Waals surface area contributed by atoms with Gasteiger partial charge in [0.1, 0.15) is 0 Å². The smallest absolute Gasteiger partial charge is 0.320 e. The van der Waals surface area contributed by atoms with Crippen LogP contribution in [-0.4, -0.2) is 63.2 Å². The quantitative estimate of drug-likeness (QED) is 0.674. The first-order chi connectivity index (χ1) is 8.06. The number of carbonyl (C=O) groups excluding carboxylic acids is 1. The van der Waals surface area contributed by atoms with Crippen molar-refractivity contribution in [2.45, 2.75) is 34.6 Å². The zero-order valence-electron chi connectivity index (χ0n) is 13.0. The van der Waals surface area contributed by atoms with E-state index in [0.29, 0.717) is 13.2 Å². The van der Waals surface area contributed by atoms with Gasteiger partial charge in [0.2, 0.25) is 0 Å². The van der Waals surface area contributed by atoms with Crippen molar-refractivity contribution in [3.63, 3.8) is 0 Å². The van der Waals surface area contributed by atoms with E-state index in [9.17, 15) is 4.79 Å². The lowest BCUT2D eigenvalue weighted by molar-refractivity contribution is -0.144. The van der Waals surface area contributed by atoms with Crippen LogP contribution in [0.2, 0.25) is 0 Å². The largest absolute Gasteiger partial charge is 0.465 e. The fourth-order valence-corrected chi connectivity index (χ4v) is 0.877. The molecule has 0 amide bonds. The summed E-state index contributed by atoms with van der Waals surface area (Å²) in [6.07, 6.45) is 0. The Balaban J connectivity index is -0.000000439. The molecule has 0 saturated carbocycles. The molecule has 0 aliphatic heterocycles. The van der Waals surface area contributed by atoms with E-state index in [4.69, 9.17) is 4.74 Å². The fraction of sp³-hybridized carbons (Fsp3) is 0.923. The summed E-state index contributed by atoms with van der Waals surface area (Å²) in [5.41, 5.74) is 0. The molecule has 0 radical (unpaired) electrons. The van der Waals surface area contributed by atoms with Crippen LogP contribution in [0.5, 0.6) is 0 Å². The lowest BCUT2D eigenvalue weighted by Crippen LogP contribution is -2.33. The van der Waals surface area contributed by atoms with Crippen LogP contribution < -0.4 is 0 Å². The molecule has 0 aliphatic carbocycles. The normalized spacial score (nSPS) is 9.06. The highest BCUT2D eigenvalue weighted by atomic mass is 16.5. The zero-order chi connectivity index (χ0) is 14.3. The van der Waals surface area contributed by atoms with Crippen molar-refractivity contribution in [3.05, 3.63) is 0 Å². The molecule has 0 aromatic carbocycles. The summed E-state index contributed by atoms with van der Waals surface area (Å²) in [4.78, 5) is 15.1. The summed E-state index contributed by atoms with van der Waals surface area (Å²) in [5.74, 6) is -0.149. The summed E-state index contributed by atoms with van der Waals surface area (Å²) in [6.45, 7) is 12.5. The predicted molar refractivity (Wildman–Crippen MR) is 75.4 cm³/mol. The first-order valence-corrected chi connectivity index (χ1v) is 6.55. The minimum absolute atomic E-state index is 0.149. The van der Waals surface area contributed by atoms with E-state index in [1.807, 2.05) is 60.7 Å². The summed E-state index contributed by atoms with van der Waals surface area (Å²) in [7, 11) is 5.94. The van der Waals surface area contributed by atoms with E-state index in [0.717, 1.165) is 13.1 Å². The summed E-state index contributed by atoms with van der Waals surface area (Å²) in [5, 5.41) is 0. The molecule has 106 valence electrons. The van der Waals surface area contributed by atoms with Gasteiger partial charge in [0, 0.05) is 13.1 Å². The molecule has 4 heteroatoms. The van der Waals surface area contributed by atoms with Crippen LogP contribution in [0.3, 0.4) is 0 Å². The van der Waals surface area contributed by atoms with E-state index < -0.39 is 0 Å². The van der Waals surface area contributed by atoms with Crippen LogP contribution in [0, 0.1) is 0 Å². The van der Waals surface area contributed by atoms with Gasteiger partial charge >= 0.3 is 5.97 Å². The average Bonchev–Trinajstić information content (AvgIpc) is 2.32. The predicted octanol–water partition coefficient (Wildman–Crippen LogP) is 2.10. The summed E-state index contributed by atoms with van der Waals surface area (Å²) in [6, 6.07) is 0. The molecule has 0 atom stereocenters. The zero-order valence-corrected chi connectivity index (χ0v) is 13.0. The van der Waals surface area contributed by atoms with Gasteiger partial charge in [0.15, 0.2) is 0 Å². The number of hydrogen-bond acceptors (Lipinski definition) is 4. The Morgan fingerprint density at radius 2 is 1.47 bits per heavy atom. The van der Waals surface area contributed by atoms with Crippen LogP contribution >= 0.6 is 0 Å². The van der Waals surface area contributed by atoms with Gasteiger partial charge in [-0.1, -0.05) is 27.7 Å². The van der Waals surface area contributed by atoms with Crippen LogP contribution in [-0.2, 0) is 9.53 Å². The Morgan fingerprint density at radius 1 is 1.00 bits per heavy atom.